The van der Waals surface area contributed by atoms with Crippen molar-refractivity contribution in [3.8, 4) is 11.5 Å². The molecule has 0 aliphatic heterocycles. The van der Waals surface area contributed by atoms with Gasteiger partial charge in [0.2, 0.25) is 0 Å². The Morgan fingerprint density at radius 3 is 2.42 bits per heavy atom. The average molecular weight is 262 g/mol. The first kappa shape index (κ1) is 13.7. The summed E-state index contributed by atoms with van der Waals surface area (Å²) in [4.78, 5) is 0. The highest BCUT2D eigenvalue weighted by Gasteiger charge is 2.25. The molecule has 19 heavy (non-hydrogen) atoms. The van der Waals surface area contributed by atoms with Gasteiger partial charge in [0.1, 0.15) is 11.5 Å². The summed E-state index contributed by atoms with van der Waals surface area (Å²) in [7, 11) is 5.37. The lowest BCUT2D eigenvalue weighted by molar-refractivity contribution is 0.397. The van der Waals surface area contributed by atoms with Crippen molar-refractivity contribution in [2.24, 2.45) is 12.8 Å². The molecule has 0 amide bonds. The molecule has 0 unspecified atom stereocenters. The summed E-state index contributed by atoms with van der Waals surface area (Å²) in [6, 6.07) is 3.94. The van der Waals surface area contributed by atoms with Gasteiger partial charge in [0.25, 0.3) is 0 Å². The number of nitrogens with zero attached hydrogens (tertiary/aromatic N) is 1. The molecule has 104 valence electrons. The summed E-state index contributed by atoms with van der Waals surface area (Å²) < 4.78 is 12.9. The Balaban J connectivity index is 2.82. The normalized spacial score (nSPS) is 11.9. The molecule has 2 aromatic rings. The first-order valence-corrected chi connectivity index (χ1v) is 6.36. The fourth-order valence-corrected chi connectivity index (χ4v) is 2.35. The third-order valence-corrected chi connectivity index (χ3v) is 3.72. The van der Waals surface area contributed by atoms with Gasteiger partial charge in [0.15, 0.2) is 0 Å². The van der Waals surface area contributed by atoms with Crippen LogP contribution in [0.5, 0.6) is 11.5 Å². The summed E-state index contributed by atoms with van der Waals surface area (Å²) in [5, 5.41) is 1.11. The first-order valence-electron chi connectivity index (χ1n) is 6.36. The van der Waals surface area contributed by atoms with Crippen LogP contribution in [0.15, 0.2) is 18.3 Å². The number of hydrogen-bond donors (Lipinski definition) is 1. The molecule has 1 aromatic heterocycles. The molecule has 2 rings (SSSR count). The van der Waals surface area contributed by atoms with Crippen LogP contribution >= 0.6 is 0 Å². The van der Waals surface area contributed by atoms with Gasteiger partial charge in [-0.3, -0.25) is 0 Å². The van der Waals surface area contributed by atoms with Gasteiger partial charge in [-0.25, -0.2) is 0 Å². The van der Waals surface area contributed by atoms with E-state index < -0.39 is 0 Å². The van der Waals surface area contributed by atoms with Gasteiger partial charge in [0, 0.05) is 42.7 Å². The van der Waals surface area contributed by atoms with Crippen molar-refractivity contribution in [2.75, 3.05) is 20.8 Å². The SMILES string of the molecule is COc1cc(OC)c2c(C(C)(C)CN)cn(C)c2c1. The van der Waals surface area contributed by atoms with Crippen LogP contribution in [0.25, 0.3) is 10.9 Å². The van der Waals surface area contributed by atoms with E-state index in [4.69, 9.17) is 15.2 Å². The third kappa shape index (κ3) is 2.16. The van der Waals surface area contributed by atoms with E-state index in [0.717, 1.165) is 22.4 Å². The van der Waals surface area contributed by atoms with E-state index in [-0.39, 0.29) is 5.41 Å². The van der Waals surface area contributed by atoms with E-state index in [1.807, 2.05) is 19.2 Å². The second-order valence-corrected chi connectivity index (χ2v) is 5.47. The third-order valence-electron chi connectivity index (χ3n) is 3.72. The summed E-state index contributed by atoms with van der Waals surface area (Å²) in [6.45, 7) is 4.87. The molecule has 1 heterocycles. The highest BCUT2D eigenvalue weighted by molar-refractivity contribution is 5.92. The summed E-state index contributed by atoms with van der Waals surface area (Å²) >= 11 is 0. The zero-order chi connectivity index (χ0) is 14.2. The van der Waals surface area contributed by atoms with Gasteiger partial charge in [-0.2, -0.15) is 0 Å². The number of aromatic nitrogens is 1. The van der Waals surface area contributed by atoms with Crippen molar-refractivity contribution >= 4 is 10.9 Å². The van der Waals surface area contributed by atoms with Gasteiger partial charge < -0.3 is 19.8 Å². The molecule has 0 spiro atoms. The highest BCUT2D eigenvalue weighted by Crippen LogP contribution is 2.39. The highest BCUT2D eigenvalue weighted by atomic mass is 16.5. The number of methoxy groups -OCH3 is 2. The maximum absolute atomic E-state index is 5.91. The fraction of sp³-hybridized carbons (Fsp3) is 0.467. The quantitative estimate of drug-likeness (QED) is 0.920. The number of hydrogen-bond acceptors (Lipinski definition) is 3. The summed E-state index contributed by atoms with van der Waals surface area (Å²) in [5.41, 5.74) is 8.11. The zero-order valence-electron chi connectivity index (χ0n) is 12.3. The molecule has 0 saturated carbocycles. The second-order valence-electron chi connectivity index (χ2n) is 5.47. The molecule has 0 saturated heterocycles. The predicted octanol–water partition coefficient (Wildman–Crippen LogP) is 2.43. The number of rotatable bonds is 4. The van der Waals surface area contributed by atoms with Crippen LogP contribution in [0.2, 0.25) is 0 Å². The molecule has 4 heteroatoms. The van der Waals surface area contributed by atoms with E-state index >= 15 is 0 Å². The number of aryl methyl sites for hydroxylation is 1. The predicted molar refractivity (Wildman–Crippen MR) is 78.1 cm³/mol. The average Bonchev–Trinajstić information content (AvgIpc) is 2.76. The largest absolute Gasteiger partial charge is 0.497 e. The topological polar surface area (TPSA) is 49.4 Å². The smallest absolute Gasteiger partial charge is 0.132 e. The van der Waals surface area contributed by atoms with Crippen LogP contribution in [-0.4, -0.2) is 25.3 Å². The Hall–Kier alpha value is -1.68. The van der Waals surface area contributed by atoms with Crippen LogP contribution in [0.1, 0.15) is 19.4 Å². The van der Waals surface area contributed by atoms with Crippen LogP contribution in [-0.2, 0) is 12.5 Å². The summed E-state index contributed by atoms with van der Waals surface area (Å²) in [6.07, 6.45) is 2.12. The first-order chi connectivity index (χ1) is 8.94. The van der Waals surface area contributed by atoms with Crippen molar-refractivity contribution in [1.29, 1.82) is 0 Å². The number of ether oxygens (including phenoxy) is 2. The van der Waals surface area contributed by atoms with Crippen molar-refractivity contribution in [2.45, 2.75) is 19.3 Å². The Morgan fingerprint density at radius 2 is 1.89 bits per heavy atom. The Kier molecular flexibility index (Phi) is 3.45. The lowest BCUT2D eigenvalue weighted by Crippen LogP contribution is -2.27. The van der Waals surface area contributed by atoms with Crippen molar-refractivity contribution in [1.82, 2.24) is 4.57 Å². The second kappa shape index (κ2) is 4.78. The molecule has 0 fully saturated rings. The van der Waals surface area contributed by atoms with Gasteiger partial charge in [-0.05, 0) is 5.56 Å². The fourth-order valence-electron chi connectivity index (χ4n) is 2.35. The van der Waals surface area contributed by atoms with Gasteiger partial charge in [0.05, 0.1) is 19.7 Å². The van der Waals surface area contributed by atoms with Crippen molar-refractivity contribution in [3.05, 3.63) is 23.9 Å². The van der Waals surface area contributed by atoms with Gasteiger partial charge in [-0.15, -0.1) is 0 Å². The van der Waals surface area contributed by atoms with E-state index in [0.29, 0.717) is 6.54 Å². The van der Waals surface area contributed by atoms with Crippen molar-refractivity contribution < 1.29 is 9.47 Å². The molecule has 0 bridgehead atoms. The van der Waals surface area contributed by atoms with Crippen LogP contribution in [0.4, 0.5) is 0 Å². The van der Waals surface area contributed by atoms with E-state index in [9.17, 15) is 0 Å². The lowest BCUT2D eigenvalue weighted by atomic mass is 9.84. The molecule has 0 aliphatic carbocycles. The molecule has 2 N–H and O–H groups in total. The van der Waals surface area contributed by atoms with Crippen LogP contribution in [0, 0.1) is 0 Å². The molecule has 1 aromatic carbocycles. The van der Waals surface area contributed by atoms with E-state index in [1.165, 1.54) is 5.56 Å². The standard InChI is InChI=1S/C15H22N2O2/c1-15(2,9-16)11-8-17(3)12-6-10(18-4)7-13(19-5)14(11)12/h6-8H,9,16H2,1-5H3. The number of nitrogens with two attached hydrogens (primary N) is 1. The molecule has 0 radical (unpaired) electrons. The van der Waals surface area contributed by atoms with Crippen molar-refractivity contribution in [3.63, 3.8) is 0 Å². The van der Waals surface area contributed by atoms with Crippen LogP contribution < -0.4 is 15.2 Å². The molecular formula is C15H22N2O2. The van der Waals surface area contributed by atoms with E-state index in [1.54, 1.807) is 14.2 Å². The number of fused-ring (bicyclic) bond motifs is 1. The minimum absolute atomic E-state index is 0.0959. The van der Waals surface area contributed by atoms with E-state index in [2.05, 4.69) is 24.6 Å². The van der Waals surface area contributed by atoms with Gasteiger partial charge in [-0.1, -0.05) is 13.8 Å². The molecule has 0 atom stereocenters. The molecule has 0 aliphatic rings. The van der Waals surface area contributed by atoms with Gasteiger partial charge >= 0.3 is 0 Å². The maximum Gasteiger partial charge on any atom is 0.132 e. The summed E-state index contributed by atoms with van der Waals surface area (Å²) in [5.74, 6) is 1.62. The minimum atomic E-state index is -0.0959. The Bertz CT molecular complexity index is 600. The lowest BCUT2D eigenvalue weighted by Gasteiger charge is -2.22. The maximum atomic E-state index is 5.91. The Morgan fingerprint density at radius 1 is 1.21 bits per heavy atom. The monoisotopic (exact) mass is 262 g/mol. The molecular weight excluding hydrogens is 240 g/mol. The van der Waals surface area contributed by atoms with Crippen LogP contribution in [0.3, 0.4) is 0 Å². The number of benzene rings is 1. The zero-order valence-corrected chi connectivity index (χ0v) is 12.3. The Labute approximate surface area is 114 Å². The molecule has 4 nitrogen and oxygen atoms in total. The minimum Gasteiger partial charge on any atom is -0.497 e.